The number of piperidine rings is 1. The Labute approximate surface area is 274 Å². The minimum Gasteiger partial charge on any atom is -0.444 e. The molecule has 1 aromatic heterocycles. The summed E-state index contributed by atoms with van der Waals surface area (Å²) < 4.78 is 52.1. The van der Waals surface area contributed by atoms with Crippen molar-refractivity contribution >= 4 is 32.8 Å². The van der Waals surface area contributed by atoms with E-state index in [1.807, 2.05) is 0 Å². The van der Waals surface area contributed by atoms with Gasteiger partial charge in [-0.1, -0.05) is 6.07 Å². The molecule has 2 aromatic carbocycles. The van der Waals surface area contributed by atoms with Crippen LogP contribution in [0.3, 0.4) is 0 Å². The second-order valence-electron chi connectivity index (χ2n) is 14.3. The number of ether oxygens (including phenoxy) is 1. The van der Waals surface area contributed by atoms with Gasteiger partial charge in [0.2, 0.25) is 10.0 Å². The lowest BCUT2D eigenvalue weighted by atomic mass is 9.95. The maximum absolute atomic E-state index is 15.1. The zero-order valence-electron chi connectivity index (χ0n) is 27.4. The summed E-state index contributed by atoms with van der Waals surface area (Å²) in [4.78, 5) is 38.6. The van der Waals surface area contributed by atoms with Gasteiger partial charge in [-0.2, -0.15) is 4.31 Å². The predicted octanol–water partition coefficient (Wildman–Crippen LogP) is 5.34. The summed E-state index contributed by atoms with van der Waals surface area (Å²) >= 11 is 0. The van der Waals surface area contributed by atoms with Gasteiger partial charge in [0.15, 0.2) is 0 Å². The molecule has 0 atom stereocenters. The molecule has 12 heteroatoms. The van der Waals surface area contributed by atoms with Gasteiger partial charge in [0.25, 0.3) is 11.5 Å². The van der Waals surface area contributed by atoms with Crippen molar-refractivity contribution in [2.75, 3.05) is 19.6 Å². The Balaban J connectivity index is 1.32. The van der Waals surface area contributed by atoms with Crippen molar-refractivity contribution in [1.29, 1.82) is 0 Å². The molecule has 2 amide bonds. The monoisotopic (exact) mass is 666 g/mol. The van der Waals surface area contributed by atoms with Gasteiger partial charge in [-0.25, -0.2) is 17.6 Å². The van der Waals surface area contributed by atoms with Crippen molar-refractivity contribution in [1.82, 2.24) is 19.5 Å². The molecule has 2 aliphatic carbocycles. The number of amides is 2. The number of pyridine rings is 1. The van der Waals surface area contributed by atoms with Crippen LogP contribution < -0.4 is 16.2 Å². The van der Waals surface area contributed by atoms with E-state index in [-0.39, 0.29) is 57.7 Å². The fraction of sp³-hybridized carbons (Fsp3) is 0.514. The topological polar surface area (TPSA) is 127 Å². The normalized spacial score (nSPS) is 17.9. The second-order valence-corrected chi connectivity index (χ2v) is 16.2. The lowest BCUT2D eigenvalue weighted by Gasteiger charge is -2.32. The molecule has 3 aliphatic rings. The van der Waals surface area contributed by atoms with Crippen molar-refractivity contribution in [2.45, 2.75) is 89.3 Å². The van der Waals surface area contributed by atoms with Gasteiger partial charge < -0.3 is 19.9 Å². The Kier molecular flexibility index (Phi) is 8.94. The molecule has 10 nitrogen and oxygen atoms in total. The van der Waals surface area contributed by atoms with Gasteiger partial charge in [-0.15, -0.1) is 0 Å². The summed E-state index contributed by atoms with van der Waals surface area (Å²) in [5.74, 6) is -0.476. The summed E-state index contributed by atoms with van der Waals surface area (Å²) in [6.45, 7) is 8.34. The molecule has 0 spiro atoms. The van der Waals surface area contributed by atoms with Gasteiger partial charge >= 0.3 is 6.09 Å². The van der Waals surface area contributed by atoms with Gasteiger partial charge in [0.05, 0.1) is 0 Å². The van der Waals surface area contributed by atoms with E-state index in [0.717, 1.165) is 25.7 Å². The van der Waals surface area contributed by atoms with Crippen LogP contribution in [-0.4, -0.2) is 60.6 Å². The van der Waals surface area contributed by atoms with E-state index in [4.69, 9.17) is 4.74 Å². The maximum Gasteiger partial charge on any atom is 0.407 e. The molecule has 47 heavy (non-hydrogen) atoms. The van der Waals surface area contributed by atoms with E-state index in [1.54, 1.807) is 52.0 Å². The predicted molar refractivity (Wildman–Crippen MR) is 177 cm³/mol. The average molecular weight is 667 g/mol. The van der Waals surface area contributed by atoms with Crippen LogP contribution in [-0.2, 0) is 21.3 Å². The fourth-order valence-electron chi connectivity index (χ4n) is 6.09. The van der Waals surface area contributed by atoms with E-state index < -0.39 is 27.5 Å². The molecule has 3 fully saturated rings. The third-order valence-electron chi connectivity index (χ3n) is 9.16. The number of benzene rings is 2. The average Bonchev–Trinajstić information content (AvgIpc) is 3.95. The number of nitrogens with zero attached hydrogens (tertiary/aromatic N) is 2. The van der Waals surface area contributed by atoms with E-state index in [2.05, 4.69) is 10.6 Å². The highest BCUT2D eigenvalue weighted by atomic mass is 32.2. The molecule has 2 N–H and O–H groups in total. The first-order valence-corrected chi connectivity index (χ1v) is 17.9. The number of alkyl carbamates (subject to hydrolysis) is 1. The van der Waals surface area contributed by atoms with Crippen molar-refractivity contribution in [3.8, 4) is 11.1 Å². The van der Waals surface area contributed by atoms with Crippen LogP contribution in [0.2, 0.25) is 0 Å². The minimum absolute atomic E-state index is 0.0284. The van der Waals surface area contributed by atoms with E-state index >= 15 is 4.39 Å². The molecule has 0 bridgehead atoms. The molecule has 0 radical (unpaired) electrons. The summed E-state index contributed by atoms with van der Waals surface area (Å²) in [6, 6.07) is 7.88. The summed E-state index contributed by atoms with van der Waals surface area (Å²) in [6.07, 6.45) is 5.84. The summed E-state index contributed by atoms with van der Waals surface area (Å²) in [5, 5.41) is 6.21. The second kappa shape index (κ2) is 12.7. The van der Waals surface area contributed by atoms with Gasteiger partial charge in [-0.05, 0) is 119 Å². The number of nitrogens with one attached hydrogen (secondary N) is 2. The molecule has 0 unspecified atom stereocenters. The van der Waals surface area contributed by atoms with E-state index in [0.29, 0.717) is 48.5 Å². The van der Waals surface area contributed by atoms with E-state index in [9.17, 15) is 22.8 Å². The Morgan fingerprint density at radius 2 is 1.68 bits per heavy atom. The molecular weight excluding hydrogens is 623 g/mol. The first-order chi connectivity index (χ1) is 22.2. The van der Waals surface area contributed by atoms with Crippen LogP contribution in [0.15, 0.2) is 46.2 Å². The quantitative estimate of drug-likeness (QED) is 0.318. The molecule has 1 aliphatic heterocycles. The van der Waals surface area contributed by atoms with Crippen molar-refractivity contribution in [3.63, 3.8) is 0 Å². The number of halogens is 1. The van der Waals surface area contributed by atoms with Crippen molar-refractivity contribution < 1.29 is 27.1 Å². The molecule has 2 saturated carbocycles. The highest BCUT2D eigenvalue weighted by Gasteiger charge is 2.33. The third kappa shape index (κ3) is 7.54. The van der Waals surface area contributed by atoms with Gasteiger partial charge in [0.1, 0.15) is 16.3 Å². The van der Waals surface area contributed by atoms with E-state index in [1.165, 1.54) is 21.1 Å². The number of hydrogen-bond acceptors (Lipinski definition) is 6. The minimum atomic E-state index is -4.04. The lowest BCUT2D eigenvalue weighted by Crippen LogP contribution is -2.42. The Bertz CT molecular complexity index is 1880. The molecule has 3 aromatic rings. The smallest absolute Gasteiger partial charge is 0.407 e. The van der Waals surface area contributed by atoms with Crippen LogP contribution in [0.1, 0.15) is 75.2 Å². The van der Waals surface area contributed by atoms with Crippen molar-refractivity contribution in [2.24, 2.45) is 11.8 Å². The number of rotatable bonds is 9. The molecule has 6 rings (SSSR count). The lowest BCUT2D eigenvalue weighted by molar-refractivity contribution is 0.0513. The van der Waals surface area contributed by atoms with Crippen LogP contribution in [0.4, 0.5) is 9.18 Å². The van der Waals surface area contributed by atoms with Crippen molar-refractivity contribution in [3.05, 3.63) is 63.8 Å². The first-order valence-electron chi connectivity index (χ1n) is 16.4. The van der Waals surface area contributed by atoms with Crippen LogP contribution >= 0.6 is 0 Å². The Morgan fingerprint density at radius 1 is 0.979 bits per heavy atom. The summed E-state index contributed by atoms with van der Waals surface area (Å²) in [5.41, 5.74) is 0.590. The number of carbonyl (C=O) groups excluding carboxylic acids is 2. The molecular formula is C35H43FN4O6S. The molecule has 2 heterocycles. The first kappa shape index (κ1) is 33.1. The number of carbonyl (C=O) groups is 2. The molecule has 252 valence electrons. The highest BCUT2D eigenvalue weighted by molar-refractivity contribution is 7.89. The fourth-order valence-corrected chi connectivity index (χ4v) is 7.76. The highest BCUT2D eigenvalue weighted by Crippen LogP contribution is 2.35. The van der Waals surface area contributed by atoms with Crippen LogP contribution in [0.5, 0.6) is 0 Å². The number of hydrogen-bond donors (Lipinski definition) is 2. The Hall–Kier alpha value is -3.77. The molecule has 1 saturated heterocycles. The zero-order valence-corrected chi connectivity index (χ0v) is 28.2. The summed E-state index contributed by atoms with van der Waals surface area (Å²) in [7, 11) is -4.04. The Morgan fingerprint density at radius 3 is 2.32 bits per heavy atom. The van der Waals surface area contributed by atoms with Crippen LogP contribution in [0.25, 0.3) is 21.9 Å². The number of fused-ring (bicyclic) bond motifs is 1. The maximum atomic E-state index is 15.1. The third-order valence-corrected chi connectivity index (χ3v) is 11.1. The standard InChI is InChI=1S/C35H43FN4O6S/c1-21-28(16-25(17-30(21)36)32(41)38-26-8-9-26)24-7-10-27-29(15-24)31(20-39(33(27)42)19-23-5-6-23)47(44,45)40-13-11-22(12-14-40)18-37-34(43)46-35(2,3)4/h7,10,15-17,20,22-23,26H,5-6,8-9,11-14,18-19H2,1-4H3,(H,37,43)(H,38,41). The van der Waals surface area contributed by atoms with Gasteiger partial charge in [-0.3, -0.25) is 9.59 Å². The number of aromatic nitrogens is 1. The number of sulfonamides is 1. The largest absolute Gasteiger partial charge is 0.444 e. The zero-order chi connectivity index (χ0) is 33.7. The SMILES string of the molecule is Cc1c(F)cc(C(=O)NC2CC2)cc1-c1ccc2c(=O)n(CC3CC3)cc(S(=O)(=O)N3CCC(CNC(=O)OC(C)(C)C)CC3)c2c1. The van der Waals surface area contributed by atoms with Gasteiger partial charge in [0, 0.05) is 54.8 Å². The van der Waals surface area contributed by atoms with Crippen LogP contribution in [0, 0.1) is 24.6 Å².